The summed E-state index contributed by atoms with van der Waals surface area (Å²) in [5.41, 5.74) is -0.0120. The van der Waals surface area contributed by atoms with E-state index in [1.165, 1.54) is 12.1 Å². The number of halogens is 1. The van der Waals surface area contributed by atoms with Crippen molar-refractivity contribution in [3.8, 4) is 0 Å². The van der Waals surface area contributed by atoms with Crippen LogP contribution in [-0.4, -0.2) is 17.6 Å². The average Bonchev–Trinajstić information content (AvgIpc) is 2.19. The zero-order valence-corrected chi connectivity index (χ0v) is 8.21. The van der Waals surface area contributed by atoms with Gasteiger partial charge in [-0.3, -0.25) is 0 Å². The summed E-state index contributed by atoms with van der Waals surface area (Å²) < 4.78 is 4.72. The molecule has 0 amide bonds. The van der Waals surface area contributed by atoms with E-state index in [0.717, 1.165) is 0 Å². The number of carbonyl (C=O) groups excluding carboxylic acids is 1. The summed E-state index contributed by atoms with van der Waals surface area (Å²) in [6, 6.07) is 2.90. The molecule has 0 aliphatic heterocycles. The highest BCUT2D eigenvalue weighted by Gasteiger charge is 2.17. The van der Waals surface area contributed by atoms with Crippen LogP contribution in [-0.2, 0) is 4.74 Å². The first kappa shape index (κ1) is 10.5. The van der Waals surface area contributed by atoms with Crippen molar-refractivity contribution in [3.05, 3.63) is 34.3 Å². The molecule has 1 aromatic heterocycles. The van der Waals surface area contributed by atoms with Crippen molar-refractivity contribution in [1.29, 1.82) is 0 Å². The SMILES string of the molecule is [C-]#[N+]c1ccc(Cl)c(C(=O)OCC)n1. The van der Waals surface area contributed by atoms with Crippen LogP contribution < -0.4 is 0 Å². The number of nitrogens with zero attached hydrogens (tertiary/aromatic N) is 2. The maximum Gasteiger partial charge on any atom is 0.382 e. The molecular weight excluding hydrogens is 204 g/mol. The summed E-state index contributed by atoms with van der Waals surface area (Å²) in [5, 5.41) is 0.191. The second kappa shape index (κ2) is 4.58. The first-order chi connectivity index (χ1) is 6.69. The number of pyridine rings is 1. The van der Waals surface area contributed by atoms with E-state index in [9.17, 15) is 4.79 Å². The van der Waals surface area contributed by atoms with Gasteiger partial charge in [0.2, 0.25) is 0 Å². The second-order valence-electron chi connectivity index (χ2n) is 2.33. The number of carbonyl (C=O) groups is 1. The van der Waals surface area contributed by atoms with Crippen molar-refractivity contribution in [3.63, 3.8) is 0 Å². The molecule has 0 aromatic carbocycles. The zero-order valence-electron chi connectivity index (χ0n) is 7.45. The molecule has 0 saturated carbocycles. The Morgan fingerprint density at radius 2 is 2.43 bits per heavy atom. The van der Waals surface area contributed by atoms with E-state index in [-0.39, 0.29) is 23.1 Å². The summed E-state index contributed by atoms with van der Waals surface area (Å²) in [4.78, 5) is 18.1. The van der Waals surface area contributed by atoms with Crippen LogP contribution in [0.5, 0.6) is 0 Å². The van der Waals surface area contributed by atoms with Gasteiger partial charge < -0.3 is 9.58 Å². The third-order valence-electron chi connectivity index (χ3n) is 1.41. The third kappa shape index (κ3) is 2.21. The van der Waals surface area contributed by atoms with Crippen LogP contribution in [0.1, 0.15) is 17.4 Å². The van der Waals surface area contributed by atoms with E-state index in [1.54, 1.807) is 6.92 Å². The molecule has 5 heteroatoms. The largest absolute Gasteiger partial charge is 0.460 e. The van der Waals surface area contributed by atoms with E-state index in [0.29, 0.717) is 0 Å². The minimum Gasteiger partial charge on any atom is -0.460 e. The van der Waals surface area contributed by atoms with Crippen LogP contribution in [0.3, 0.4) is 0 Å². The van der Waals surface area contributed by atoms with Gasteiger partial charge in [0.1, 0.15) is 0 Å². The fourth-order valence-corrected chi connectivity index (χ4v) is 1.02. The number of aromatic nitrogens is 1. The molecule has 1 rings (SSSR count). The molecule has 0 atom stereocenters. The number of hydrogen-bond donors (Lipinski definition) is 0. The fraction of sp³-hybridized carbons (Fsp3) is 0.222. The molecule has 0 bridgehead atoms. The first-order valence-corrected chi connectivity index (χ1v) is 4.28. The first-order valence-electron chi connectivity index (χ1n) is 3.90. The van der Waals surface area contributed by atoms with Crippen molar-refractivity contribution >= 4 is 23.4 Å². The monoisotopic (exact) mass is 210 g/mol. The Kier molecular flexibility index (Phi) is 3.43. The number of hydrogen-bond acceptors (Lipinski definition) is 3. The molecule has 72 valence electrons. The van der Waals surface area contributed by atoms with Crippen molar-refractivity contribution < 1.29 is 9.53 Å². The molecule has 1 heterocycles. The normalized spacial score (nSPS) is 9.21. The summed E-state index contributed by atoms with van der Waals surface area (Å²) in [7, 11) is 0. The van der Waals surface area contributed by atoms with E-state index >= 15 is 0 Å². The standard InChI is InChI=1S/C9H7ClN2O2/c1-3-14-9(13)8-6(10)4-5-7(11-2)12-8/h4-5H,3H2,1H3. The molecular formula is C9H7ClN2O2. The molecule has 0 radical (unpaired) electrons. The Hall–Kier alpha value is -1.60. The van der Waals surface area contributed by atoms with Crippen LogP contribution in [0.15, 0.2) is 12.1 Å². The van der Waals surface area contributed by atoms with Crippen LogP contribution in [0.2, 0.25) is 5.02 Å². The van der Waals surface area contributed by atoms with Crippen LogP contribution in [0.25, 0.3) is 4.85 Å². The molecule has 4 nitrogen and oxygen atoms in total. The van der Waals surface area contributed by atoms with Gasteiger partial charge in [-0.15, -0.1) is 4.98 Å². The topological polar surface area (TPSA) is 43.5 Å². The summed E-state index contributed by atoms with van der Waals surface area (Å²) in [5.74, 6) is -0.486. The zero-order chi connectivity index (χ0) is 10.6. The molecule has 0 N–H and O–H groups in total. The van der Waals surface area contributed by atoms with Gasteiger partial charge in [-0.2, -0.15) is 0 Å². The van der Waals surface area contributed by atoms with E-state index < -0.39 is 5.97 Å². The van der Waals surface area contributed by atoms with Gasteiger partial charge in [0.25, 0.3) is 11.5 Å². The van der Waals surface area contributed by atoms with Crippen molar-refractivity contribution in [1.82, 2.24) is 4.98 Å². The Balaban J connectivity index is 3.07. The molecule has 1 aromatic rings. The van der Waals surface area contributed by atoms with Crippen LogP contribution in [0.4, 0.5) is 5.82 Å². The highest BCUT2D eigenvalue weighted by molar-refractivity contribution is 6.33. The maximum atomic E-state index is 11.3. The highest BCUT2D eigenvalue weighted by Crippen LogP contribution is 2.18. The molecule has 0 unspecified atom stereocenters. The average molecular weight is 211 g/mol. The quantitative estimate of drug-likeness (QED) is 0.556. The van der Waals surface area contributed by atoms with Gasteiger partial charge in [-0.1, -0.05) is 18.2 Å². The molecule has 0 saturated heterocycles. The number of esters is 1. The minimum absolute atomic E-state index is 0.0120. The molecule has 0 fully saturated rings. The Morgan fingerprint density at radius 1 is 1.71 bits per heavy atom. The van der Waals surface area contributed by atoms with Gasteiger partial charge in [0, 0.05) is 0 Å². The lowest BCUT2D eigenvalue weighted by Gasteiger charge is -1.99. The van der Waals surface area contributed by atoms with Gasteiger partial charge in [-0.25, -0.2) is 4.79 Å². The van der Waals surface area contributed by atoms with Gasteiger partial charge in [0.05, 0.1) is 11.6 Å². The van der Waals surface area contributed by atoms with Crippen molar-refractivity contribution in [2.45, 2.75) is 6.92 Å². The Labute approximate surface area is 86.3 Å². The Morgan fingerprint density at radius 3 is 3.00 bits per heavy atom. The van der Waals surface area contributed by atoms with Crippen LogP contribution >= 0.6 is 11.6 Å². The van der Waals surface area contributed by atoms with Crippen molar-refractivity contribution in [2.24, 2.45) is 0 Å². The lowest BCUT2D eigenvalue weighted by atomic mass is 10.3. The maximum absolute atomic E-state index is 11.3. The summed E-state index contributed by atoms with van der Waals surface area (Å²) in [6.07, 6.45) is 0. The molecule has 14 heavy (non-hydrogen) atoms. The predicted molar refractivity (Wildman–Crippen MR) is 51.5 cm³/mol. The van der Waals surface area contributed by atoms with E-state index in [4.69, 9.17) is 22.9 Å². The van der Waals surface area contributed by atoms with E-state index in [1.807, 2.05) is 0 Å². The predicted octanol–water partition coefficient (Wildman–Crippen LogP) is 2.46. The second-order valence-corrected chi connectivity index (χ2v) is 2.74. The lowest BCUT2D eigenvalue weighted by molar-refractivity contribution is 0.0520. The van der Waals surface area contributed by atoms with Crippen molar-refractivity contribution in [2.75, 3.05) is 6.61 Å². The number of rotatable bonds is 2. The van der Waals surface area contributed by atoms with Gasteiger partial charge >= 0.3 is 5.97 Å². The smallest absolute Gasteiger partial charge is 0.382 e. The summed E-state index contributed by atoms with van der Waals surface area (Å²) >= 11 is 5.72. The molecule has 0 aliphatic rings. The third-order valence-corrected chi connectivity index (χ3v) is 1.72. The fourth-order valence-electron chi connectivity index (χ4n) is 0.837. The van der Waals surface area contributed by atoms with Gasteiger partial charge in [-0.05, 0) is 19.1 Å². The van der Waals surface area contributed by atoms with Crippen LogP contribution in [0, 0.1) is 6.57 Å². The van der Waals surface area contributed by atoms with Gasteiger partial charge in [0.15, 0.2) is 0 Å². The minimum atomic E-state index is -0.608. The lowest BCUT2D eigenvalue weighted by Crippen LogP contribution is -2.07. The molecule has 0 spiro atoms. The highest BCUT2D eigenvalue weighted by atomic mass is 35.5. The summed E-state index contributed by atoms with van der Waals surface area (Å²) in [6.45, 7) is 8.66. The number of ether oxygens (including phenoxy) is 1. The van der Waals surface area contributed by atoms with E-state index in [2.05, 4.69) is 9.83 Å². The Bertz CT molecular complexity index is 398. The molecule has 0 aliphatic carbocycles.